The van der Waals surface area contributed by atoms with Gasteiger partial charge in [-0.25, -0.2) is 22.2 Å². The Hall–Kier alpha value is -4.71. The number of sulfone groups is 1. The Kier molecular flexibility index (Phi) is 7.40. The van der Waals surface area contributed by atoms with Crippen LogP contribution >= 0.6 is 0 Å². The number of hydrogen-bond donors (Lipinski definition) is 1. The van der Waals surface area contributed by atoms with E-state index in [-0.39, 0.29) is 54.1 Å². The Morgan fingerprint density at radius 3 is 2.73 bits per heavy atom. The molecule has 6 rings (SSSR count). The van der Waals surface area contributed by atoms with Gasteiger partial charge in [-0.05, 0) is 38.1 Å². The minimum absolute atomic E-state index is 0.0413. The number of aromatic amines is 1. The van der Waals surface area contributed by atoms with E-state index >= 15 is 8.78 Å². The van der Waals surface area contributed by atoms with Gasteiger partial charge in [0.05, 0.1) is 35.5 Å². The van der Waals surface area contributed by atoms with E-state index in [0.717, 1.165) is 17.9 Å². The van der Waals surface area contributed by atoms with Crippen LogP contribution in [0.15, 0.2) is 65.4 Å². The fourth-order valence-corrected chi connectivity index (χ4v) is 6.25. The molecule has 0 aliphatic carbocycles. The van der Waals surface area contributed by atoms with Crippen molar-refractivity contribution in [1.82, 2.24) is 9.97 Å². The van der Waals surface area contributed by atoms with E-state index in [2.05, 4.69) is 9.97 Å². The Morgan fingerprint density at radius 1 is 1.14 bits per heavy atom. The third-order valence-corrected chi connectivity index (χ3v) is 8.38. The lowest BCUT2D eigenvalue weighted by Crippen LogP contribution is -2.25. The highest BCUT2D eigenvalue weighted by atomic mass is 32.2. The predicted molar refractivity (Wildman–Crippen MR) is 158 cm³/mol. The van der Waals surface area contributed by atoms with Gasteiger partial charge in [-0.2, -0.15) is 0 Å². The molecule has 12 heteroatoms. The lowest BCUT2D eigenvalue weighted by atomic mass is 9.81. The Bertz CT molecular complexity index is 2020. The van der Waals surface area contributed by atoms with Crippen molar-refractivity contribution in [3.63, 3.8) is 0 Å². The van der Waals surface area contributed by atoms with Gasteiger partial charge in [0.1, 0.15) is 30.2 Å². The molecule has 0 saturated carbocycles. The molecule has 0 radical (unpaired) electrons. The molecule has 9 nitrogen and oxygen atoms in total. The highest BCUT2D eigenvalue weighted by molar-refractivity contribution is 7.89. The Labute approximate surface area is 251 Å². The molecule has 1 N–H and O–H groups in total. The van der Waals surface area contributed by atoms with Gasteiger partial charge < -0.3 is 23.6 Å². The van der Waals surface area contributed by atoms with Crippen LogP contribution in [0.5, 0.6) is 17.2 Å². The standard InChI is InChI=1S/C32H28F2N2O7S/c1-4-40-28(37)12-18-6-5-7-23-29(18)42-17-32(23,2)27-15-41-31(36-27)21-13-19(8-9-24(21)33)43-30-22(16-44(3,38)39)20-10-11-35-26(20)14-25(30)34/h5-11,13-15,35H,4,12,16-17H2,1-3H3. The number of rotatable bonds is 9. The molecule has 0 spiro atoms. The third kappa shape index (κ3) is 5.41. The first-order valence-corrected chi connectivity index (χ1v) is 15.8. The first-order chi connectivity index (χ1) is 21.0. The maximum absolute atomic E-state index is 15.2. The normalized spacial score (nSPS) is 16.1. The molecule has 0 bridgehead atoms. The number of aromatic nitrogens is 2. The summed E-state index contributed by atoms with van der Waals surface area (Å²) in [6.07, 6.45) is 4.10. The van der Waals surface area contributed by atoms with Crippen molar-refractivity contribution in [2.45, 2.75) is 31.4 Å². The first kappa shape index (κ1) is 29.4. The van der Waals surface area contributed by atoms with Crippen LogP contribution in [0.3, 0.4) is 0 Å². The fraction of sp³-hybridized carbons (Fsp3) is 0.250. The second kappa shape index (κ2) is 11.1. The number of H-pyrrole nitrogens is 1. The van der Waals surface area contributed by atoms with Crippen LogP contribution in [0.25, 0.3) is 22.4 Å². The average molecular weight is 623 g/mol. The molecule has 3 aromatic carbocycles. The third-order valence-electron chi connectivity index (χ3n) is 7.57. The van der Waals surface area contributed by atoms with E-state index in [1.165, 1.54) is 24.5 Å². The zero-order valence-electron chi connectivity index (χ0n) is 24.1. The lowest BCUT2D eigenvalue weighted by molar-refractivity contribution is -0.142. The van der Waals surface area contributed by atoms with Gasteiger partial charge in [0.2, 0.25) is 5.89 Å². The van der Waals surface area contributed by atoms with Gasteiger partial charge in [-0.15, -0.1) is 0 Å². The average Bonchev–Trinajstić information content (AvgIpc) is 3.71. The quantitative estimate of drug-likeness (QED) is 0.192. The van der Waals surface area contributed by atoms with Gasteiger partial charge in [0.25, 0.3) is 0 Å². The number of carbonyl (C=O) groups excluding carboxylic acids is 1. The number of benzene rings is 3. The number of hydrogen-bond acceptors (Lipinski definition) is 8. The molecule has 0 amide bonds. The summed E-state index contributed by atoms with van der Waals surface area (Å²) in [7, 11) is -3.56. The molecule has 1 aliphatic rings. The van der Waals surface area contributed by atoms with E-state index in [1.807, 2.05) is 19.1 Å². The lowest BCUT2D eigenvalue weighted by Gasteiger charge is -2.19. The minimum atomic E-state index is -3.56. The molecule has 1 atom stereocenters. The van der Waals surface area contributed by atoms with Crippen molar-refractivity contribution in [2.75, 3.05) is 19.5 Å². The summed E-state index contributed by atoms with van der Waals surface area (Å²) in [4.78, 5) is 19.6. The minimum Gasteiger partial charge on any atom is -0.492 e. The predicted octanol–water partition coefficient (Wildman–Crippen LogP) is 6.24. The zero-order chi connectivity index (χ0) is 31.2. The molecular weight excluding hydrogens is 594 g/mol. The van der Waals surface area contributed by atoms with Crippen molar-refractivity contribution >= 4 is 26.7 Å². The van der Waals surface area contributed by atoms with Crippen molar-refractivity contribution < 1.29 is 40.6 Å². The van der Waals surface area contributed by atoms with Crippen LogP contribution in [0.4, 0.5) is 8.78 Å². The summed E-state index contributed by atoms with van der Waals surface area (Å²) in [5, 5.41) is 0.490. The number of para-hydroxylation sites is 1. The maximum Gasteiger partial charge on any atom is 0.310 e. The SMILES string of the molecule is CCOC(=O)Cc1cccc2c1OCC2(C)c1coc(-c2cc(Oc3c(F)cc4[nH]ccc4c3CS(C)(=O)=O)ccc2F)n1. The molecule has 0 fully saturated rings. The topological polar surface area (TPSA) is 121 Å². The number of fused-ring (bicyclic) bond motifs is 2. The van der Waals surface area contributed by atoms with Crippen molar-refractivity contribution in [3.05, 3.63) is 95.0 Å². The molecule has 1 aliphatic heterocycles. The number of halogens is 2. The van der Waals surface area contributed by atoms with Gasteiger partial charge in [0.15, 0.2) is 21.4 Å². The smallest absolute Gasteiger partial charge is 0.310 e. The Balaban J connectivity index is 1.33. The number of oxazole rings is 1. The van der Waals surface area contributed by atoms with Crippen LogP contribution in [0.1, 0.15) is 36.2 Å². The summed E-state index contributed by atoms with van der Waals surface area (Å²) >= 11 is 0. The molecular formula is C32H28F2N2O7S. The van der Waals surface area contributed by atoms with Crippen molar-refractivity contribution in [1.29, 1.82) is 0 Å². The van der Waals surface area contributed by atoms with E-state index in [9.17, 15) is 13.2 Å². The molecule has 0 saturated heterocycles. The molecule has 44 heavy (non-hydrogen) atoms. The summed E-state index contributed by atoms with van der Waals surface area (Å²) < 4.78 is 77.4. The summed E-state index contributed by atoms with van der Waals surface area (Å²) in [5.74, 6) is -1.97. The van der Waals surface area contributed by atoms with E-state index in [0.29, 0.717) is 27.9 Å². The van der Waals surface area contributed by atoms with Crippen molar-refractivity contribution in [3.8, 4) is 28.7 Å². The highest BCUT2D eigenvalue weighted by Gasteiger charge is 2.42. The number of ether oxygens (including phenoxy) is 3. The molecule has 5 aromatic rings. The van der Waals surface area contributed by atoms with Gasteiger partial charge >= 0.3 is 5.97 Å². The number of nitrogens with one attached hydrogen (secondary N) is 1. The number of nitrogens with zero attached hydrogens (tertiary/aromatic N) is 1. The van der Waals surface area contributed by atoms with Crippen LogP contribution in [0.2, 0.25) is 0 Å². The summed E-state index contributed by atoms with van der Waals surface area (Å²) in [6, 6.07) is 12.1. The van der Waals surface area contributed by atoms with Gasteiger partial charge in [-0.3, -0.25) is 4.79 Å². The van der Waals surface area contributed by atoms with E-state index in [4.69, 9.17) is 18.6 Å². The molecule has 2 aromatic heterocycles. The number of esters is 1. The monoisotopic (exact) mass is 622 g/mol. The van der Waals surface area contributed by atoms with Crippen LogP contribution in [-0.2, 0) is 37.0 Å². The second-order valence-corrected chi connectivity index (χ2v) is 13.0. The largest absolute Gasteiger partial charge is 0.492 e. The maximum atomic E-state index is 15.2. The zero-order valence-corrected chi connectivity index (χ0v) is 24.9. The van der Waals surface area contributed by atoms with Crippen LogP contribution in [0, 0.1) is 11.6 Å². The summed E-state index contributed by atoms with van der Waals surface area (Å²) in [5.41, 5.74) is 1.71. The van der Waals surface area contributed by atoms with Crippen molar-refractivity contribution in [2.24, 2.45) is 0 Å². The van der Waals surface area contributed by atoms with Gasteiger partial charge in [0, 0.05) is 46.1 Å². The highest BCUT2D eigenvalue weighted by Crippen LogP contribution is 2.45. The van der Waals surface area contributed by atoms with Gasteiger partial charge in [-0.1, -0.05) is 18.2 Å². The Morgan fingerprint density at radius 2 is 1.95 bits per heavy atom. The molecule has 228 valence electrons. The van der Waals surface area contributed by atoms with E-state index in [1.54, 1.807) is 25.3 Å². The second-order valence-electron chi connectivity index (χ2n) is 10.9. The molecule has 3 heterocycles. The van der Waals surface area contributed by atoms with E-state index < -0.39 is 32.6 Å². The summed E-state index contributed by atoms with van der Waals surface area (Å²) in [6.45, 7) is 4.14. The first-order valence-electron chi connectivity index (χ1n) is 13.8. The molecule has 1 unspecified atom stereocenters. The van der Waals surface area contributed by atoms with Crippen LogP contribution < -0.4 is 9.47 Å². The van der Waals surface area contributed by atoms with Crippen LogP contribution in [-0.4, -0.2) is 43.8 Å². The number of carbonyl (C=O) groups is 1. The fourth-order valence-electron chi connectivity index (χ4n) is 5.44.